The van der Waals surface area contributed by atoms with Crippen LogP contribution >= 0.6 is 8.88 Å². The largest absolute Gasteiger partial charge is 0.383 e. The Morgan fingerprint density at radius 3 is 3.12 bits per heavy atom. The van der Waals surface area contributed by atoms with Crippen molar-refractivity contribution in [1.82, 2.24) is 5.09 Å². The van der Waals surface area contributed by atoms with E-state index in [0.717, 1.165) is 0 Å². The molecule has 0 heterocycles. The predicted octanol–water partition coefficient (Wildman–Crippen LogP) is 0.497. The molecule has 8 heavy (non-hydrogen) atoms. The van der Waals surface area contributed by atoms with Crippen molar-refractivity contribution in [2.45, 2.75) is 0 Å². The van der Waals surface area contributed by atoms with Gasteiger partial charge >= 0.3 is 0 Å². The molecule has 48 valence electrons. The van der Waals surface area contributed by atoms with Gasteiger partial charge < -0.3 is 4.74 Å². The summed E-state index contributed by atoms with van der Waals surface area (Å²) in [5, 5.41) is 2.76. The van der Waals surface area contributed by atoms with Crippen molar-refractivity contribution in [2.24, 2.45) is 4.95 Å². The molecule has 0 saturated heterocycles. The quantitative estimate of drug-likeness (QED) is 0.340. The SMILES string of the molecule is COCCNPN=O. The van der Waals surface area contributed by atoms with Crippen molar-refractivity contribution >= 4 is 8.88 Å². The summed E-state index contributed by atoms with van der Waals surface area (Å²) in [4.78, 5) is 12.0. The van der Waals surface area contributed by atoms with Crippen molar-refractivity contribution in [3.63, 3.8) is 0 Å². The van der Waals surface area contributed by atoms with E-state index in [2.05, 4.69) is 14.8 Å². The maximum Gasteiger partial charge on any atom is 0.121 e. The first kappa shape index (κ1) is 7.95. The molecular formula is C3H9N2O2P. The first-order valence-electron chi connectivity index (χ1n) is 2.21. The van der Waals surface area contributed by atoms with E-state index in [1.807, 2.05) is 0 Å². The summed E-state index contributed by atoms with van der Waals surface area (Å²) in [5.74, 6) is 0. The number of nitrogens with one attached hydrogen (secondary N) is 1. The molecule has 0 fully saturated rings. The van der Waals surface area contributed by atoms with Gasteiger partial charge in [-0.3, -0.25) is 5.09 Å². The van der Waals surface area contributed by atoms with Gasteiger partial charge in [-0.05, 0) is 4.95 Å². The van der Waals surface area contributed by atoms with E-state index in [-0.39, 0.29) is 8.88 Å². The molecular weight excluding hydrogens is 127 g/mol. The molecule has 0 aromatic rings. The Kier molecular flexibility index (Phi) is 6.91. The molecule has 1 N–H and O–H groups in total. The molecule has 0 aliphatic carbocycles. The molecule has 0 aliphatic rings. The smallest absolute Gasteiger partial charge is 0.121 e. The number of ether oxygens (including phenoxy) is 1. The van der Waals surface area contributed by atoms with E-state index in [1.54, 1.807) is 7.11 Å². The van der Waals surface area contributed by atoms with Crippen LogP contribution in [0.15, 0.2) is 4.95 Å². The molecule has 0 aromatic heterocycles. The van der Waals surface area contributed by atoms with Crippen LogP contribution in [-0.4, -0.2) is 20.3 Å². The van der Waals surface area contributed by atoms with Crippen molar-refractivity contribution in [1.29, 1.82) is 0 Å². The highest BCUT2D eigenvalue weighted by Gasteiger charge is 1.81. The zero-order chi connectivity index (χ0) is 6.24. The predicted molar refractivity (Wildman–Crippen MR) is 34.0 cm³/mol. The molecule has 1 unspecified atom stereocenters. The van der Waals surface area contributed by atoms with Gasteiger partial charge in [0.15, 0.2) is 0 Å². The Morgan fingerprint density at radius 2 is 2.62 bits per heavy atom. The van der Waals surface area contributed by atoms with Crippen LogP contribution in [0.25, 0.3) is 0 Å². The molecule has 5 heteroatoms. The van der Waals surface area contributed by atoms with Crippen LogP contribution in [0.3, 0.4) is 0 Å². The fraction of sp³-hybridized carbons (Fsp3) is 1.00. The standard InChI is InChI=1S/C3H9N2O2P/c1-7-3-2-4-8-5-6/h4,8H,2-3H2,1H3. The Balaban J connectivity index is 2.62. The van der Waals surface area contributed by atoms with Crippen molar-refractivity contribution in [3.05, 3.63) is 4.91 Å². The maximum atomic E-state index is 9.43. The number of methoxy groups -OCH3 is 1. The molecule has 0 spiro atoms. The van der Waals surface area contributed by atoms with Gasteiger partial charge in [-0.15, -0.1) is 4.91 Å². The Labute approximate surface area is 49.9 Å². The molecule has 0 bridgehead atoms. The first-order valence-corrected chi connectivity index (χ1v) is 3.15. The summed E-state index contributed by atoms with van der Waals surface area (Å²) in [6.07, 6.45) is 0. The van der Waals surface area contributed by atoms with E-state index < -0.39 is 0 Å². The van der Waals surface area contributed by atoms with Gasteiger partial charge in [0.2, 0.25) is 0 Å². The molecule has 0 amide bonds. The van der Waals surface area contributed by atoms with Gasteiger partial charge in [-0.1, -0.05) is 0 Å². The normalized spacial score (nSPS) is 10.6. The van der Waals surface area contributed by atoms with Gasteiger partial charge in [0.25, 0.3) is 0 Å². The Bertz CT molecular complexity index is 61.2. The molecule has 0 radical (unpaired) electrons. The number of nitroso groups, excluding NO2 is 1. The minimum atomic E-state index is -0.0358. The minimum Gasteiger partial charge on any atom is -0.383 e. The second-order valence-corrected chi connectivity index (χ2v) is 1.88. The van der Waals surface area contributed by atoms with E-state index in [0.29, 0.717) is 13.2 Å². The zero-order valence-corrected chi connectivity index (χ0v) is 5.68. The number of nitrogens with zero attached hydrogens (tertiary/aromatic N) is 1. The van der Waals surface area contributed by atoms with E-state index in [1.165, 1.54) is 0 Å². The maximum absolute atomic E-state index is 9.43. The van der Waals surface area contributed by atoms with Crippen LogP contribution in [0.5, 0.6) is 0 Å². The summed E-state index contributed by atoms with van der Waals surface area (Å²) in [5.41, 5.74) is 0. The minimum absolute atomic E-state index is 0.0358. The third-order valence-corrected chi connectivity index (χ3v) is 1.06. The number of hydrogen-bond donors (Lipinski definition) is 1. The zero-order valence-electron chi connectivity index (χ0n) is 4.68. The first-order chi connectivity index (χ1) is 3.91. The number of rotatable bonds is 5. The molecule has 0 aliphatic heterocycles. The van der Waals surface area contributed by atoms with Crippen molar-refractivity contribution in [3.8, 4) is 0 Å². The monoisotopic (exact) mass is 136 g/mol. The van der Waals surface area contributed by atoms with Crippen molar-refractivity contribution in [2.75, 3.05) is 20.3 Å². The van der Waals surface area contributed by atoms with Gasteiger partial charge in [0.05, 0.1) is 6.61 Å². The molecule has 0 saturated carbocycles. The lowest BCUT2D eigenvalue weighted by atomic mass is 10.7. The van der Waals surface area contributed by atoms with Gasteiger partial charge in [0.1, 0.15) is 8.88 Å². The molecule has 4 nitrogen and oxygen atoms in total. The highest BCUT2D eigenvalue weighted by molar-refractivity contribution is 7.33. The van der Waals surface area contributed by atoms with Crippen LogP contribution < -0.4 is 5.09 Å². The Hall–Kier alpha value is -0.0500. The summed E-state index contributed by atoms with van der Waals surface area (Å²) >= 11 is 0. The lowest BCUT2D eigenvalue weighted by molar-refractivity contribution is 0.205. The summed E-state index contributed by atoms with van der Waals surface area (Å²) < 4.78 is 4.69. The third kappa shape index (κ3) is 5.95. The molecule has 0 rings (SSSR count). The second-order valence-electron chi connectivity index (χ2n) is 1.12. The van der Waals surface area contributed by atoms with Gasteiger partial charge in [-0.25, -0.2) is 0 Å². The fourth-order valence-electron chi connectivity index (χ4n) is 0.241. The van der Waals surface area contributed by atoms with Crippen LogP contribution in [-0.2, 0) is 4.74 Å². The lowest BCUT2D eigenvalue weighted by Crippen LogP contribution is -2.08. The van der Waals surface area contributed by atoms with Crippen molar-refractivity contribution < 1.29 is 4.74 Å². The highest BCUT2D eigenvalue weighted by atomic mass is 31.1. The number of hydrogen-bond acceptors (Lipinski definition) is 4. The van der Waals surface area contributed by atoms with Gasteiger partial charge in [-0.2, -0.15) is 0 Å². The van der Waals surface area contributed by atoms with E-state index in [4.69, 9.17) is 0 Å². The fourth-order valence-corrected chi connectivity index (χ4v) is 0.520. The summed E-state index contributed by atoms with van der Waals surface area (Å²) in [6, 6.07) is 0. The van der Waals surface area contributed by atoms with E-state index in [9.17, 15) is 4.91 Å². The van der Waals surface area contributed by atoms with Gasteiger partial charge in [0, 0.05) is 13.7 Å². The lowest BCUT2D eigenvalue weighted by Gasteiger charge is -1.94. The topological polar surface area (TPSA) is 50.7 Å². The van der Waals surface area contributed by atoms with Crippen LogP contribution in [0.4, 0.5) is 0 Å². The van der Waals surface area contributed by atoms with E-state index >= 15 is 0 Å². The van der Waals surface area contributed by atoms with Crippen LogP contribution in [0, 0.1) is 4.91 Å². The Morgan fingerprint density at radius 1 is 1.88 bits per heavy atom. The summed E-state index contributed by atoms with van der Waals surface area (Å²) in [6.45, 7) is 1.32. The molecule has 0 aromatic carbocycles. The van der Waals surface area contributed by atoms with Crippen LogP contribution in [0.2, 0.25) is 0 Å². The average Bonchev–Trinajstić information content (AvgIpc) is 1.81. The average molecular weight is 136 g/mol. The highest BCUT2D eigenvalue weighted by Crippen LogP contribution is 1.99. The molecule has 1 atom stereocenters. The second kappa shape index (κ2) is 6.95. The van der Waals surface area contributed by atoms with Crippen LogP contribution in [0.1, 0.15) is 0 Å². The summed E-state index contributed by atoms with van der Waals surface area (Å²) in [7, 11) is 1.57. The third-order valence-electron chi connectivity index (χ3n) is 0.556.